The largest absolute Gasteiger partial charge is 0.545 e. The molecule has 0 spiro atoms. The molecule has 6 nitrogen and oxygen atoms in total. The topological polar surface area (TPSA) is 105 Å². The number of aliphatic hydroxyl groups excluding tert-OH is 1. The Morgan fingerprint density at radius 2 is 1.43 bits per heavy atom. The number of nitrogen functional groups attached to an aromatic ring is 1. The third-order valence-electron chi connectivity index (χ3n) is 5.20. The van der Waals surface area contributed by atoms with Crippen molar-refractivity contribution in [1.29, 1.82) is 0 Å². The molecule has 0 aliphatic heterocycles. The van der Waals surface area contributed by atoms with E-state index < -0.39 is 23.8 Å². The predicted molar refractivity (Wildman–Crippen MR) is 130 cm³/mol. The lowest BCUT2D eigenvalue weighted by molar-refractivity contribution is -0.255. The minimum absolute atomic E-state index is 0.117. The van der Waals surface area contributed by atoms with Crippen molar-refractivity contribution in [3.8, 4) is 17.2 Å². The molecule has 0 bridgehead atoms. The van der Waals surface area contributed by atoms with Crippen LogP contribution in [0, 0.1) is 0 Å². The summed E-state index contributed by atoms with van der Waals surface area (Å²) in [6.45, 7) is 0. The number of aliphatic hydroxyl groups is 1. The number of alkyl halides is 3. The number of nitrogens with two attached hydrogens (primary N) is 1. The van der Waals surface area contributed by atoms with Crippen LogP contribution < -0.4 is 20.3 Å². The molecule has 0 aromatic heterocycles. The summed E-state index contributed by atoms with van der Waals surface area (Å²) in [6.07, 6.45) is -5.06. The monoisotopic (exact) mass is 510 g/mol. The SMILES string of the molecule is COc1ccc(C(=O)[O-])c(Oc2ccc(C(F)(F)F)cc2N)c1.OC(c1ccccc1)c1ccccc1. The molecule has 0 aliphatic rings. The van der Waals surface area contributed by atoms with Crippen molar-refractivity contribution in [2.24, 2.45) is 0 Å². The summed E-state index contributed by atoms with van der Waals surface area (Å²) in [5.41, 5.74) is 5.89. The Kier molecular flexibility index (Phi) is 8.76. The van der Waals surface area contributed by atoms with Gasteiger partial charge < -0.3 is 30.2 Å². The summed E-state index contributed by atoms with van der Waals surface area (Å²) < 4.78 is 48.1. The number of hydrogen-bond acceptors (Lipinski definition) is 6. The number of carboxylic acid groups (broad SMARTS) is 1. The third-order valence-corrected chi connectivity index (χ3v) is 5.20. The Hall–Kier alpha value is -4.50. The van der Waals surface area contributed by atoms with Gasteiger partial charge in [0.05, 0.1) is 24.3 Å². The number of anilines is 1. The Balaban J connectivity index is 0.000000231. The second-order valence-corrected chi connectivity index (χ2v) is 7.73. The van der Waals surface area contributed by atoms with E-state index in [1.165, 1.54) is 25.3 Å². The Morgan fingerprint density at radius 3 is 1.89 bits per heavy atom. The highest BCUT2D eigenvalue weighted by molar-refractivity contribution is 5.89. The number of rotatable bonds is 6. The average molecular weight is 510 g/mol. The summed E-state index contributed by atoms with van der Waals surface area (Å²) in [6, 6.07) is 25.7. The maximum absolute atomic E-state index is 12.6. The fourth-order valence-electron chi connectivity index (χ4n) is 3.28. The minimum Gasteiger partial charge on any atom is -0.545 e. The lowest BCUT2D eigenvalue weighted by Crippen LogP contribution is -2.22. The van der Waals surface area contributed by atoms with Crippen molar-refractivity contribution < 1.29 is 37.7 Å². The quantitative estimate of drug-likeness (QED) is 0.345. The maximum atomic E-state index is 12.6. The lowest BCUT2D eigenvalue weighted by Gasteiger charge is -2.15. The van der Waals surface area contributed by atoms with Crippen LogP contribution >= 0.6 is 0 Å². The van der Waals surface area contributed by atoms with E-state index in [-0.39, 0.29) is 22.7 Å². The third kappa shape index (κ3) is 7.25. The van der Waals surface area contributed by atoms with Crippen molar-refractivity contribution in [2.75, 3.05) is 12.8 Å². The van der Waals surface area contributed by atoms with Gasteiger partial charge >= 0.3 is 6.18 Å². The van der Waals surface area contributed by atoms with Crippen LogP contribution in [-0.4, -0.2) is 18.2 Å². The van der Waals surface area contributed by atoms with Gasteiger partial charge in [0.2, 0.25) is 0 Å². The van der Waals surface area contributed by atoms with E-state index in [4.69, 9.17) is 15.2 Å². The van der Waals surface area contributed by atoms with Gasteiger partial charge in [0.1, 0.15) is 23.4 Å². The molecule has 0 amide bonds. The number of hydrogen-bond donors (Lipinski definition) is 2. The molecule has 0 saturated heterocycles. The summed E-state index contributed by atoms with van der Waals surface area (Å²) >= 11 is 0. The van der Waals surface area contributed by atoms with Crippen molar-refractivity contribution in [1.82, 2.24) is 0 Å². The zero-order valence-electron chi connectivity index (χ0n) is 19.6. The van der Waals surface area contributed by atoms with Gasteiger partial charge in [-0.1, -0.05) is 60.7 Å². The number of halogens is 3. The van der Waals surface area contributed by atoms with E-state index in [1.807, 2.05) is 60.7 Å². The van der Waals surface area contributed by atoms with Crippen LogP contribution in [0.25, 0.3) is 0 Å². The number of carbonyl (C=O) groups excluding carboxylic acids is 1. The van der Waals surface area contributed by atoms with Gasteiger partial charge in [-0.15, -0.1) is 0 Å². The molecule has 192 valence electrons. The zero-order valence-corrected chi connectivity index (χ0v) is 19.6. The molecule has 4 aromatic rings. The first-order chi connectivity index (χ1) is 17.6. The van der Waals surface area contributed by atoms with Crippen molar-refractivity contribution in [2.45, 2.75) is 12.3 Å². The first-order valence-corrected chi connectivity index (χ1v) is 10.9. The van der Waals surface area contributed by atoms with Crippen LogP contribution in [0.5, 0.6) is 17.2 Å². The molecule has 0 heterocycles. The molecule has 4 aromatic carbocycles. The highest BCUT2D eigenvalue weighted by atomic mass is 19.4. The van der Waals surface area contributed by atoms with Crippen LogP contribution in [-0.2, 0) is 6.18 Å². The zero-order chi connectivity index (χ0) is 27.0. The molecular weight excluding hydrogens is 487 g/mol. The van der Waals surface area contributed by atoms with Gasteiger partial charge in [-0.25, -0.2) is 0 Å². The summed E-state index contributed by atoms with van der Waals surface area (Å²) in [5, 5.41) is 21.1. The molecule has 0 saturated carbocycles. The first kappa shape index (κ1) is 27.1. The molecule has 0 radical (unpaired) electrons. The fourth-order valence-corrected chi connectivity index (χ4v) is 3.28. The average Bonchev–Trinajstić information content (AvgIpc) is 2.90. The van der Waals surface area contributed by atoms with E-state index in [0.717, 1.165) is 23.3 Å². The summed E-state index contributed by atoms with van der Waals surface area (Å²) in [5.74, 6) is -1.48. The van der Waals surface area contributed by atoms with Crippen molar-refractivity contribution in [3.05, 3.63) is 119 Å². The first-order valence-electron chi connectivity index (χ1n) is 10.9. The summed E-state index contributed by atoms with van der Waals surface area (Å²) in [7, 11) is 1.37. The van der Waals surface area contributed by atoms with E-state index in [9.17, 15) is 28.2 Å². The van der Waals surface area contributed by atoms with E-state index in [1.54, 1.807) is 0 Å². The molecule has 0 unspecified atom stereocenters. The van der Waals surface area contributed by atoms with Crippen LogP contribution in [0.2, 0.25) is 0 Å². The van der Waals surface area contributed by atoms with Crippen molar-refractivity contribution >= 4 is 11.7 Å². The number of benzene rings is 4. The second kappa shape index (κ2) is 12.0. The normalized spacial score (nSPS) is 10.9. The number of methoxy groups -OCH3 is 1. The lowest BCUT2D eigenvalue weighted by atomic mass is 10.0. The van der Waals surface area contributed by atoms with E-state index in [2.05, 4.69) is 0 Å². The molecule has 3 N–H and O–H groups in total. The number of carbonyl (C=O) groups is 1. The highest BCUT2D eigenvalue weighted by Crippen LogP contribution is 2.37. The van der Waals surface area contributed by atoms with Crippen molar-refractivity contribution in [3.63, 3.8) is 0 Å². The maximum Gasteiger partial charge on any atom is 0.416 e. The molecule has 0 atom stereocenters. The number of carboxylic acids is 1. The van der Waals surface area contributed by atoms with Gasteiger partial charge in [-0.3, -0.25) is 0 Å². The van der Waals surface area contributed by atoms with Gasteiger partial charge in [0.25, 0.3) is 0 Å². The smallest absolute Gasteiger partial charge is 0.416 e. The molecular formula is C28H23F3NO5-. The van der Waals surface area contributed by atoms with Gasteiger partial charge in [-0.05, 0) is 41.5 Å². The Labute approximate surface area is 211 Å². The van der Waals surface area contributed by atoms with Crippen LogP contribution in [0.3, 0.4) is 0 Å². The minimum atomic E-state index is -4.54. The molecule has 0 fully saturated rings. The molecule has 0 aliphatic carbocycles. The molecule has 9 heteroatoms. The van der Waals surface area contributed by atoms with Crippen LogP contribution in [0.1, 0.15) is 33.2 Å². The van der Waals surface area contributed by atoms with E-state index >= 15 is 0 Å². The molecule has 4 rings (SSSR count). The second-order valence-electron chi connectivity index (χ2n) is 7.73. The fraction of sp³-hybridized carbons (Fsp3) is 0.107. The number of aromatic carboxylic acids is 1. The van der Waals surface area contributed by atoms with Gasteiger partial charge in [0.15, 0.2) is 0 Å². The van der Waals surface area contributed by atoms with Gasteiger partial charge in [0, 0.05) is 11.6 Å². The van der Waals surface area contributed by atoms with Crippen LogP contribution in [0.4, 0.5) is 18.9 Å². The van der Waals surface area contributed by atoms with E-state index in [0.29, 0.717) is 11.8 Å². The Morgan fingerprint density at radius 1 is 0.865 bits per heavy atom. The standard InChI is InChI=1S/C15H12F3NO4.C13H12O/c1-22-9-3-4-10(14(20)21)13(7-9)23-12-5-2-8(6-11(12)19)15(16,17)18;14-13(11-7-3-1-4-8-11)12-9-5-2-6-10-12/h2-7H,19H2,1H3,(H,20,21);1-10,13-14H/p-1. The van der Waals surface area contributed by atoms with Crippen LogP contribution in [0.15, 0.2) is 97.1 Å². The van der Waals surface area contributed by atoms with Gasteiger partial charge in [-0.2, -0.15) is 13.2 Å². The number of ether oxygens (including phenoxy) is 2. The Bertz CT molecular complexity index is 1290. The highest BCUT2D eigenvalue weighted by Gasteiger charge is 2.31. The summed E-state index contributed by atoms with van der Waals surface area (Å²) in [4.78, 5) is 11.1. The predicted octanol–water partition coefficient (Wildman–Crippen LogP) is 5.22. The molecule has 37 heavy (non-hydrogen) atoms.